The molecule has 1 rings (SSSR count). The minimum Gasteiger partial charge on any atom is -0.466 e. The molecule has 0 fully saturated rings. The van der Waals surface area contributed by atoms with E-state index in [4.69, 9.17) is 4.74 Å². The van der Waals surface area contributed by atoms with Crippen LogP contribution < -0.4 is 5.32 Å². The number of esters is 1. The number of hydrogen-bond donors (Lipinski definition) is 1. The van der Waals surface area contributed by atoms with Crippen LogP contribution in [0.25, 0.3) is 0 Å². The molecule has 1 aromatic rings. The van der Waals surface area contributed by atoms with E-state index in [-0.39, 0.29) is 24.8 Å². The van der Waals surface area contributed by atoms with E-state index in [2.05, 4.69) is 10.3 Å². The molecule has 0 aliphatic carbocycles. The molecule has 0 unspecified atom stereocenters. The zero-order valence-electron chi connectivity index (χ0n) is 9.75. The van der Waals surface area contributed by atoms with E-state index in [1.165, 1.54) is 6.07 Å². The number of alkyl halides is 3. The molecule has 0 atom stereocenters. The van der Waals surface area contributed by atoms with Crippen molar-refractivity contribution in [2.45, 2.75) is 19.5 Å². The van der Waals surface area contributed by atoms with Crippen molar-refractivity contribution in [3.05, 3.63) is 23.9 Å². The predicted molar refractivity (Wildman–Crippen MR) is 59.0 cm³/mol. The molecular weight excluding hydrogens is 249 g/mol. The van der Waals surface area contributed by atoms with E-state index in [1.54, 1.807) is 6.92 Å². The molecule has 0 amide bonds. The largest absolute Gasteiger partial charge is 0.466 e. The molecule has 0 aliphatic heterocycles. The molecule has 1 aromatic heterocycles. The van der Waals surface area contributed by atoms with Gasteiger partial charge in [0.1, 0.15) is 5.82 Å². The van der Waals surface area contributed by atoms with Crippen LogP contribution in [0.4, 0.5) is 19.0 Å². The summed E-state index contributed by atoms with van der Waals surface area (Å²) in [6.45, 7) is 2.26. The van der Waals surface area contributed by atoms with Crippen molar-refractivity contribution in [2.24, 2.45) is 0 Å². The lowest BCUT2D eigenvalue weighted by atomic mass is 10.3. The van der Waals surface area contributed by atoms with Gasteiger partial charge in [-0.3, -0.25) is 4.79 Å². The van der Waals surface area contributed by atoms with Crippen molar-refractivity contribution in [1.29, 1.82) is 0 Å². The highest BCUT2D eigenvalue weighted by molar-refractivity contribution is 5.69. The number of carbonyl (C=O) groups is 1. The Kier molecular flexibility index (Phi) is 4.94. The maximum absolute atomic E-state index is 12.2. The van der Waals surface area contributed by atoms with Gasteiger partial charge in [0.05, 0.1) is 18.6 Å². The highest BCUT2D eigenvalue weighted by atomic mass is 19.4. The van der Waals surface area contributed by atoms with Gasteiger partial charge in [-0.15, -0.1) is 0 Å². The first kappa shape index (κ1) is 14.3. The molecule has 100 valence electrons. The summed E-state index contributed by atoms with van der Waals surface area (Å²) in [6, 6.07) is 2.15. The minimum absolute atomic E-state index is 0.135. The molecule has 0 saturated carbocycles. The van der Waals surface area contributed by atoms with Gasteiger partial charge in [-0.2, -0.15) is 13.2 Å². The van der Waals surface area contributed by atoms with Gasteiger partial charge in [0.2, 0.25) is 0 Å². The van der Waals surface area contributed by atoms with Gasteiger partial charge in [-0.25, -0.2) is 4.98 Å². The first-order valence-electron chi connectivity index (χ1n) is 5.36. The Labute approximate surface area is 102 Å². The van der Waals surface area contributed by atoms with E-state index in [0.717, 1.165) is 12.3 Å². The number of carbonyl (C=O) groups excluding carboxylic acids is 1. The highest BCUT2D eigenvalue weighted by Gasteiger charge is 2.30. The van der Waals surface area contributed by atoms with Crippen LogP contribution in [0.5, 0.6) is 0 Å². The van der Waals surface area contributed by atoms with Crippen LogP contribution in [0, 0.1) is 0 Å². The van der Waals surface area contributed by atoms with Crippen molar-refractivity contribution in [3.63, 3.8) is 0 Å². The summed E-state index contributed by atoms with van der Waals surface area (Å²) < 4.78 is 41.4. The Hall–Kier alpha value is -1.79. The molecular formula is C11H13F3N2O2. The Morgan fingerprint density at radius 3 is 2.67 bits per heavy atom. The second-order valence-electron chi connectivity index (χ2n) is 3.41. The Bertz CT molecular complexity index is 390. The fourth-order valence-electron chi connectivity index (χ4n) is 1.19. The van der Waals surface area contributed by atoms with Crippen LogP contribution in [0.15, 0.2) is 18.3 Å². The summed E-state index contributed by atoms with van der Waals surface area (Å²) in [7, 11) is 0. The van der Waals surface area contributed by atoms with Crippen LogP contribution in [-0.2, 0) is 15.7 Å². The number of nitrogens with zero attached hydrogens (tertiary/aromatic N) is 1. The number of anilines is 1. The standard InChI is InChI=1S/C11H13F3N2O2/c1-2-18-10(17)5-6-15-9-4-3-8(7-16-9)11(12,13)14/h3-4,7H,2,5-6H2,1H3,(H,15,16). The summed E-state index contributed by atoms with van der Waals surface area (Å²) in [5.41, 5.74) is -0.807. The summed E-state index contributed by atoms with van der Waals surface area (Å²) in [4.78, 5) is 14.6. The molecule has 0 bridgehead atoms. The van der Waals surface area contributed by atoms with Crippen molar-refractivity contribution in [2.75, 3.05) is 18.5 Å². The summed E-state index contributed by atoms with van der Waals surface area (Å²) in [6.07, 6.45) is -3.51. The van der Waals surface area contributed by atoms with E-state index in [1.807, 2.05) is 0 Å². The first-order chi connectivity index (χ1) is 8.43. The third-order valence-electron chi connectivity index (χ3n) is 2.03. The van der Waals surface area contributed by atoms with E-state index in [0.29, 0.717) is 6.61 Å². The Balaban J connectivity index is 2.42. The smallest absolute Gasteiger partial charge is 0.417 e. The topological polar surface area (TPSA) is 51.2 Å². The Morgan fingerprint density at radius 2 is 2.17 bits per heavy atom. The predicted octanol–water partition coefficient (Wildman–Crippen LogP) is 2.47. The molecule has 7 heteroatoms. The van der Waals surface area contributed by atoms with Crippen molar-refractivity contribution >= 4 is 11.8 Å². The first-order valence-corrected chi connectivity index (χ1v) is 5.36. The summed E-state index contributed by atoms with van der Waals surface area (Å²) in [5, 5.41) is 2.73. The van der Waals surface area contributed by atoms with Gasteiger partial charge in [-0.1, -0.05) is 0 Å². The van der Waals surface area contributed by atoms with Crippen molar-refractivity contribution in [1.82, 2.24) is 4.98 Å². The van der Waals surface area contributed by atoms with Crippen LogP contribution in [0.2, 0.25) is 0 Å². The third kappa shape index (κ3) is 4.60. The number of hydrogen-bond acceptors (Lipinski definition) is 4. The van der Waals surface area contributed by atoms with E-state index >= 15 is 0 Å². The third-order valence-corrected chi connectivity index (χ3v) is 2.03. The number of rotatable bonds is 5. The average molecular weight is 262 g/mol. The lowest BCUT2D eigenvalue weighted by Crippen LogP contribution is -2.12. The number of nitrogens with one attached hydrogen (secondary N) is 1. The molecule has 18 heavy (non-hydrogen) atoms. The molecule has 4 nitrogen and oxygen atoms in total. The lowest BCUT2D eigenvalue weighted by Gasteiger charge is -2.08. The second kappa shape index (κ2) is 6.23. The molecule has 1 N–H and O–H groups in total. The van der Waals surface area contributed by atoms with Gasteiger partial charge < -0.3 is 10.1 Å². The minimum atomic E-state index is -4.39. The van der Waals surface area contributed by atoms with Crippen LogP contribution in [0.1, 0.15) is 18.9 Å². The van der Waals surface area contributed by atoms with E-state index in [9.17, 15) is 18.0 Å². The molecule has 1 heterocycles. The van der Waals surface area contributed by atoms with Crippen molar-refractivity contribution in [3.8, 4) is 0 Å². The summed E-state index contributed by atoms with van der Waals surface area (Å²) >= 11 is 0. The maximum atomic E-state index is 12.2. The fraction of sp³-hybridized carbons (Fsp3) is 0.455. The van der Waals surface area contributed by atoms with Crippen molar-refractivity contribution < 1.29 is 22.7 Å². The fourth-order valence-corrected chi connectivity index (χ4v) is 1.19. The molecule has 0 radical (unpaired) electrons. The van der Waals surface area contributed by atoms with Gasteiger partial charge in [0.25, 0.3) is 0 Å². The molecule has 0 aromatic carbocycles. The number of aromatic nitrogens is 1. The van der Waals surface area contributed by atoms with Gasteiger partial charge in [0, 0.05) is 12.7 Å². The quantitative estimate of drug-likeness (QED) is 0.828. The number of ether oxygens (including phenoxy) is 1. The maximum Gasteiger partial charge on any atom is 0.417 e. The van der Waals surface area contributed by atoms with Gasteiger partial charge in [-0.05, 0) is 19.1 Å². The van der Waals surface area contributed by atoms with Gasteiger partial charge in [0.15, 0.2) is 0 Å². The zero-order chi connectivity index (χ0) is 13.6. The van der Waals surface area contributed by atoms with Crippen LogP contribution in [-0.4, -0.2) is 24.1 Å². The second-order valence-corrected chi connectivity index (χ2v) is 3.41. The lowest BCUT2D eigenvalue weighted by molar-refractivity contribution is -0.142. The Morgan fingerprint density at radius 1 is 1.44 bits per heavy atom. The SMILES string of the molecule is CCOC(=O)CCNc1ccc(C(F)(F)F)cn1. The van der Waals surface area contributed by atoms with Gasteiger partial charge >= 0.3 is 12.1 Å². The summed E-state index contributed by atoms with van der Waals surface area (Å²) in [5.74, 6) is -0.0794. The molecule has 0 saturated heterocycles. The number of pyridine rings is 1. The molecule has 0 aliphatic rings. The van der Waals surface area contributed by atoms with Crippen LogP contribution in [0.3, 0.4) is 0 Å². The number of halogens is 3. The average Bonchev–Trinajstić information content (AvgIpc) is 2.29. The zero-order valence-corrected chi connectivity index (χ0v) is 9.75. The van der Waals surface area contributed by atoms with Crippen LogP contribution >= 0.6 is 0 Å². The highest BCUT2D eigenvalue weighted by Crippen LogP contribution is 2.28. The van der Waals surface area contributed by atoms with E-state index < -0.39 is 11.7 Å². The monoisotopic (exact) mass is 262 g/mol. The molecule has 0 spiro atoms. The normalized spacial score (nSPS) is 11.1.